The normalized spacial score (nSPS) is 36.4. The second-order valence-electron chi connectivity index (χ2n) is 13.1. The van der Waals surface area contributed by atoms with Crippen molar-refractivity contribution in [3.05, 3.63) is 12.7 Å². The first-order valence-corrected chi connectivity index (χ1v) is 20.1. The van der Waals surface area contributed by atoms with Crippen LogP contribution < -0.4 is 31.1 Å². The van der Waals surface area contributed by atoms with Crippen molar-refractivity contribution in [1.82, 2.24) is 49.2 Å². The second-order valence-corrected chi connectivity index (χ2v) is 16.7. The number of hydrogen-bond donors (Lipinski definition) is 5. The number of rotatable bonds is 11. The van der Waals surface area contributed by atoms with Crippen LogP contribution in [-0.2, 0) is 32.1 Å². The smallest absolute Gasteiger partial charge is 0.476 e. The van der Waals surface area contributed by atoms with Crippen molar-refractivity contribution in [1.29, 1.82) is 0 Å². The fourth-order valence-electron chi connectivity index (χ4n) is 6.92. The summed E-state index contributed by atoms with van der Waals surface area (Å²) < 4.78 is 95.1. The van der Waals surface area contributed by atoms with Crippen LogP contribution in [0, 0.1) is 0 Å². The van der Waals surface area contributed by atoms with Gasteiger partial charge in [0.1, 0.15) is 24.9 Å². The van der Waals surface area contributed by atoms with Gasteiger partial charge in [-0.3, -0.25) is 18.2 Å². The van der Waals surface area contributed by atoms with Gasteiger partial charge in [0.05, 0.1) is 39.0 Å². The second kappa shape index (κ2) is 13.6. The van der Waals surface area contributed by atoms with E-state index in [1.165, 1.54) is 35.6 Å². The largest absolute Gasteiger partial charge is 0.499 e. The number of nitrogens with zero attached hydrogens (tertiary/aromatic N) is 8. The molecule has 0 amide bonds. The number of alkyl halides is 2. The molecule has 4 fully saturated rings. The van der Waals surface area contributed by atoms with Crippen molar-refractivity contribution < 1.29 is 55.3 Å². The molecule has 294 valence electrons. The van der Waals surface area contributed by atoms with Gasteiger partial charge in [-0.2, -0.15) is 33.9 Å². The van der Waals surface area contributed by atoms with E-state index < -0.39 is 64.0 Å². The molecule has 4 aliphatic heterocycles. The molecule has 4 aliphatic rings. The minimum atomic E-state index is -4.11. The van der Waals surface area contributed by atoms with Crippen LogP contribution in [0.5, 0.6) is 11.8 Å². The molecule has 22 nitrogen and oxygen atoms in total. The Kier molecular flexibility index (Phi) is 9.41. The summed E-state index contributed by atoms with van der Waals surface area (Å²) in [5, 5.41) is 5.37. The van der Waals surface area contributed by atoms with Gasteiger partial charge in [0, 0.05) is 6.54 Å². The summed E-state index contributed by atoms with van der Waals surface area (Å²) in [7, 11) is -7.98. The lowest BCUT2D eigenvalue weighted by Gasteiger charge is -2.34. The van der Waals surface area contributed by atoms with Crippen LogP contribution in [0.3, 0.4) is 0 Å². The summed E-state index contributed by atoms with van der Waals surface area (Å²) in [5.74, 6) is 0.0591. The first-order valence-electron chi connectivity index (χ1n) is 17.0. The average Bonchev–Trinajstić information content (AvgIpc) is 3.85. The van der Waals surface area contributed by atoms with Crippen molar-refractivity contribution in [3.63, 3.8) is 0 Å². The molecule has 0 spiro atoms. The zero-order valence-electron chi connectivity index (χ0n) is 29.4. The summed E-state index contributed by atoms with van der Waals surface area (Å²) in [4.78, 5) is 36.3. The van der Waals surface area contributed by atoms with Gasteiger partial charge in [-0.25, -0.2) is 28.4 Å². The van der Waals surface area contributed by atoms with Crippen molar-refractivity contribution in [2.45, 2.75) is 75.9 Å². The highest BCUT2D eigenvalue weighted by atomic mass is 31.2. The third kappa shape index (κ3) is 6.32. The van der Waals surface area contributed by atoms with Crippen LogP contribution in [0.2, 0.25) is 0 Å². The van der Waals surface area contributed by atoms with Crippen molar-refractivity contribution in [2.75, 3.05) is 51.0 Å². The summed E-state index contributed by atoms with van der Waals surface area (Å²) in [6.45, 7) is 5.88. The highest BCUT2D eigenvalue weighted by Crippen LogP contribution is 2.62. The molecule has 26 heteroatoms. The first kappa shape index (κ1) is 37.4. The summed E-state index contributed by atoms with van der Waals surface area (Å²) in [5.41, 5.74) is 8.13. The third-order valence-corrected chi connectivity index (χ3v) is 12.6. The molecule has 0 aromatic carbocycles. The van der Waals surface area contributed by atoms with Crippen molar-refractivity contribution in [2.24, 2.45) is 0 Å². The standard InChI is InChI=1S/C28H39F2N12O10P2/c1-5-45-21-15-19(37-25(31)39-21)41(11-33-15)23-27(3,29)17-13(49-23)9-47-53(43,51-17)35-7-8-36-54(44)48-10-14-18(52-54)28(4,30)24(50-14)42-12-34-16-20(42)38-26(32)40-22(16)46-6-2/h11-14,17-18,23-24,35,43H,5-10H2,1-4H3,(H,36,44)(H2,31,37,39)(H2,32,38,40)/q+1/t13-,14-,17-,18-,23-,24-,27-,28-,53?,54?/m1/s1. The topological polar surface area (TPSA) is 274 Å². The van der Waals surface area contributed by atoms with E-state index in [4.69, 9.17) is 48.5 Å². The molecule has 0 radical (unpaired) electrons. The lowest BCUT2D eigenvalue weighted by atomic mass is 9.98. The molecule has 4 aromatic heterocycles. The number of imidazole rings is 2. The summed E-state index contributed by atoms with van der Waals surface area (Å²) in [6, 6.07) is 0. The van der Waals surface area contributed by atoms with Crippen molar-refractivity contribution >= 4 is 50.1 Å². The first-order chi connectivity index (χ1) is 25.7. The van der Waals surface area contributed by atoms with E-state index >= 15 is 8.78 Å². The van der Waals surface area contributed by atoms with Crippen LogP contribution >= 0.6 is 15.8 Å². The van der Waals surface area contributed by atoms with Gasteiger partial charge in [0.25, 0.3) is 0 Å². The molecule has 4 aromatic rings. The Bertz CT molecular complexity index is 2110. The van der Waals surface area contributed by atoms with Crippen LogP contribution in [-0.4, -0.2) is 119 Å². The number of nitrogen functional groups attached to an aromatic ring is 2. The lowest BCUT2D eigenvalue weighted by molar-refractivity contribution is -0.0652. The predicted molar refractivity (Wildman–Crippen MR) is 183 cm³/mol. The Morgan fingerprint density at radius 3 is 2.00 bits per heavy atom. The van der Waals surface area contributed by atoms with Gasteiger partial charge in [-0.05, 0) is 27.7 Å². The predicted octanol–water partition coefficient (Wildman–Crippen LogP) is 1.67. The molecule has 8 heterocycles. The Labute approximate surface area is 305 Å². The van der Waals surface area contributed by atoms with E-state index in [0.29, 0.717) is 6.61 Å². The SMILES string of the molecule is CCOc1nc(N)nc2c1ncn2[C@@H]1O[C@@H]2COP(=O)(NCCN[P+]3(O)OC[C@H]4O[C@@H](n5cnc6c(OCC)nc(N)nc65)[C@](C)(F)[C@@H]4O3)O[C@H]2[C@@]1(C)F. The number of nitrogens with one attached hydrogen (secondary N) is 2. The van der Waals surface area contributed by atoms with Crippen molar-refractivity contribution in [3.8, 4) is 11.8 Å². The Hall–Kier alpha value is -3.54. The Morgan fingerprint density at radius 1 is 0.907 bits per heavy atom. The molecule has 2 unspecified atom stereocenters. The number of fused-ring (bicyclic) bond motifs is 4. The zero-order valence-corrected chi connectivity index (χ0v) is 31.2. The zero-order chi connectivity index (χ0) is 38.2. The molecular weight excluding hydrogens is 764 g/mol. The lowest BCUT2D eigenvalue weighted by Crippen LogP contribution is -2.48. The molecule has 0 bridgehead atoms. The van der Waals surface area contributed by atoms with E-state index in [-0.39, 0.29) is 78.9 Å². The third-order valence-electron chi connectivity index (χ3n) is 9.32. The van der Waals surface area contributed by atoms with Gasteiger partial charge in [0.15, 0.2) is 52.2 Å². The molecule has 4 saturated heterocycles. The minimum absolute atomic E-state index is 0.103. The number of halogens is 2. The number of ether oxygens (including phenoxy) is 4. The number of nitrogens with two attached hydrogens (primary N) is 2. The number of hydrogen-bond acceptors (Lipinski definition) is 19. The van der Waals surface area contributed by atoms with E-state index in [1.807, 2.05) is 0 Å². The van der Waals surface area contributed by atoms with E-state index in [0.717, 1.165) is 0 Å². The fourth-order valence-corrected chi connectivity index (χ4v) is 10.1. The maximum Gasteiger partial charge on any atom is 0.499 e. The number of anilines is 2. The molecule has 8 rings (SSSR count). The molecule has 0 aliphatic carbocycles. The molecular formula is C28H39F2N12O10P2+. The quantitative estimate of drug-likeness (QED) is 0.107. The van der Waals surface area contributed by atoms with E-state index in [2.05, 4.69) is 40.1 Å². The minimum Gasteiger partial charge on any atom is -0.476 e. The highest BCUT2D eigenvalue weighted by molar-refractivity contribution is 7.58. The molecule has 54 heavy (non-hydrogen) atoms. The van der Waals surface area contributed by atoms with E-state index in [9.17, 15) is 9.46 Å². The number of aromatic nitrogens is 8. The molecule has 0 saturated carbocycles. The maximum atomic E-state index is 16.6. The Morgan fingerprint density at radius 2 is 1.44 bits per heavy atom. The average molecular weight is 804 g/mol. The van der Waals surface area contributed by atoms with E-state index in [1.54, 1.807) is 13.8 Å². The van der Waals surface area contributed by atoms with Gasteiger partial charge in [-0.15, -0.1) is 5.09 Å². The van der Waals surface area contributed by atoms with Gasteiger partial charge in [0.2, 0.25) is 23.7 Å². The van der Waals surface area contributed by atoms with Gasteiger partial charge < -0.3 is 30.4 Å². The molecule has 10 atom stereocenters. The van der Waals surface area contributed by atoms with Crippen LogP contribution in [0.1, 0.15) is 40.2 Å². The van der Waals surface area contributed by atoms with Gasteiger partial charge in [-0.1, -0.05) is 0 Å². The van der Waals surface area contributed by atoms with Gasteiger partial charge >= 0.3 is 15.8 Å². The van der Waals surface area contributed by atoms with Crippen LogP contribution in [0.4, 0.5) is 20.7 Å². The molecule has 7 N–H and O–H groups in total. The Balaban J connectivity index is 0.895. The highest BCUT2D eigenvalue weighted by Gasteiger charge is 2.66. The maximum absolute atomic E-state index is 16.6. The monoisotopic (exact) mass is 803 g/mol. The summed E-state index contributed by atoms with van der Waals surface area (Å²) >= 11 is 0. The summed E-state index contributed by atoms with van der Waals surface area (Å²) in [6.07, 6.45) is -4.41. The van der Waals surface area contributed by atoms with Crippen LogP contribution in [0.25, 0.3) is 22.3 Å². The van der Waals surface area contributed by atoms with Crippen LogP contribution in [0.15, 0.2) is 12.7 Å². The fraction of sp³-hybridized carbons (Fsp3) is 0.643.